The topological polar surface area (TPSA) is 58.1 Å². The van der Waals surface area contributed by atoms with Gasteiger partial charge in [-0.05, 0) is 49.2 Å². The molecule has 1 aromatic heterocycles. The lowest BCUT2D eigenvalue weighted by molar-refractivity contribution is 0.0987. The summed E-state index contributed by atoms with van der Waals surface area (Å²) >= 11 is 0. The van der Waals surface area contributed by atoms with Gasteiger partial charge in [0.05, 0.1) is 0 Å². The van der Waals surface area contributed by atoms with Crippen molar-refractivity contribution in [1.82, 2.24) is 10.2 Å². The van der Waals surface area contributed by atoms with E-state index in [4.69, 9.17) is 0 Å². The summed E-state index contributed by atoms with van der Waals surface area (Å²) in [4.78, 5) is 14.0. The van der Waals surface area contributed by atoms with E-state index in [0.29, 0.717) is 11.5 Å². The molecule has 0 radical (unpaired) electrons. The van der Waals surface area contributed by atoms with E-state index in [1.54, 1.807) is 31.1 Å². The van der Waals surface area contributed by atoms with Gasteiger partial charge in [0.15, 0.2) is 5.69 Å². The van der Waals surface area contributed by atoms with Crippen LogP contribution < -0.4 is 10.2 Å². The lowest BCUT2D eigenvalue weighted by Gasteiger charge is -2.18. The summed E-state index contributed by atoms with van der Waals surface area (Å²) < 4.78 is 0. The minimum absolute atomic E-state index is 0.176. The molecule has 0 spiro atoms. The van der Waals surface area contributed by atoms with Gasteiger partial charge in [-0.3, -0.25) is 4.79 Å². The van der Waals surface area contributed by atoms with E-state index in [1.807, 2.05) is 26.0 Å². The number of nitrogens with one attached hydrogen (secondary N) is 1. The van der Waals surface area contributed by atoms with Gasteiger partial charge in [0.25, 0.3) is 5.91 Å². The van der Waals surface area contributed by atoms with Crippen molar-refractivity contribution in [1.29, 1.82) is 0 Å². The van der Waals surface area contributed by atoms with E-state index >= 15 is 0 Å². The molecule has 2 aromatic rings. The molecule has 5 nitrogen and oxygen atoms in total. The maximum atomic E-state index is 12.4. The molecule has 0 unspecified atom stereocenters. The Labute approximate surface area is 118 Å². The number of rotatable bonds is 3. The average molecular weight is 270 g/mol. The molecule has 0 atom stereocenters. The fourth-order valence-corrected chi connectivity index (χ4v) is 2.01. The zero-order chi connectivity index (χ0) is 14.7. The lowest BCUT2D eigenvalue weighted by atomic mass is 10.1. The van der Waals surface area contributed by atoms with Crippen LogP contribution in [0.1, 0.15) is 21.6 Å². The van der Waals surface area contributed by atoms with Crippen LogP contribution in [0, 0.1) is 13.8 Å². The Kier molecular flexibility index (Phi) is 3.98. The Morgan fingerprint density at radius 2 is 1.75 bits per heavy atom. The highest BCUT2D eigenvalue weighted by atomic mass is 16.2. The van der Waals surface area contributed by atoms with Crippen LogP contribution in [0.4, 0.5) is 11.5 Å². The van der Waals surface area contributed by atoms with Gasteiger partial charge in [-0.25, -0.2) is 0 Å². The lowest BCUT2D eigenvalue weighted by Crippen LogP contribution is -2.27. The van der Waals surface area contributed by atoms with Crippen molar-refractivity contribution in [3.05, 3.63) is 47.2 Å². The molecule has 1 aromatic carbocycles. The first-order chi connectivity index (χ1) is 9.51. The number of aryl methyl sites for hydroxylation is 2. The Hall–Kier alpha value is -2.43. The summed E-state index contributed by atoms with van der Waals surface area (Å²) in [5.41, 5.74) is 3.42. The summed E-state index contributed by atoms with van der Waals surface area (Å²) in [5.74, 6) is 0.459. The van der Waals surface area contributed by atoms with Crippen LogP contribution in [-0.4, -0.2) is 30.2 Å². The van der Waals surface area contributed by atoms with Crippen LogP contribution in [-0.2, 0) is 0 Å². The molecule has 0 aliphatic carbocycles. The van der Waals surface area contributed by atoms with Gasteiger partial charge in [-0.2, -0.15) is 0 Å². The Balaban J connectivity index is 2.27. The number of anilines is 2. The third-order valence-electron chi connectivity index (χ3n) is 3.04. The summed E-state index contributed by atoms with van der Waals surface area (Å²) in [5, 5.41) is 10.7. The molecule has 1 N–H and O–H groups in total. The van der Waals surface area contributed by atoms with E-state index in [-0.39, 0.29) is 5.91 Å². The fraction of sp³-hybridized carbons (Fsp3) is 0.267. The van der Waals surface area contributed by atoms with Gasteiger partial charge in [0.1, 0.15) is 5.82 Å². The zero-order valence-corrected chi connectivity index (χ0v) is 12.1. The number of aromatic nitrogens is 2. The SMILES string of the molecule is CNc1ccc(C(=O)N(C)c2cc(C)cc(C)c2)nn1. The first-order valence-electron chi connectivity index (χ1n) is 6.39. The summed E-state index contributed by atoms with van der Waals surface area (Å²) in [6.45, 7) is 4.02. The Morgan fingerprint density at radius 3 is 2.25 bits per heavy atom. The van der Waals surface area contributed by atoms with Gasteiger partial charge in [0.2, 0.25) is 0 Å². The summed E-state index contributed by atoms with van der Waals surface area (Å²) in [6, 6.07) is 9.42. The highest BCUT2D eigenvalue weighted by Gasteiger charge is 2.15. The first-order valence-corrected chi connectivity index (χ1v) is 6.39. The molecule has 0 fully saturated rings. The molecule has 1 amide bonds. The van der Waals surface area contributed by atoms with Crippen LogP contribution in [0.2, 0.25) is 0 Å². The molecule has 0 saturated heterocycles. The number of hydrogen-bond donors (Lipinski definition) is 1. The van der Waals surface area contributed by atoms with E-state index in [0.717, 1.165) is 16.8 Å². The first kappa shape index (κ1) is 14.0. The number of hydrogen-bond acceptors (Lipinski definition) is 4. The minimum Gasteiger partial charge on any atom is -0.372 e. The highest BCUT2D eigenvalue weighted by Crippen LogP contribution is 2.19. The molecule has 0 bridgehead atoms. The average Bonchev–Trinajstić information content (AvgIpc) is 2.45. The van der Waals surface area contributed by atoms with Crippen molar-refractivity contribution >= 4 is 17.4 Å². The minimum atomic E-state index is -0.176. The van der Waals surface area contributed by atoms with Gasteiger partial charge in [-0.15, -0.1) is 10.2 Å². The predicted octanol–water partition coefficient (Wildman–Crippen LogP) is 2.41. The molecule has 0 saturated carbocycles. The smallest absolute Gasteiger partial charge is 0.278 e. The zero-order valence-electron chi connectivity index (χ0n) is 12.1. The number of benzene rings is 1. The van der Waals surface area contributed by atoms with Gasteiger partial charge >= 0.3 is 0 Å². The molecule has 20 heavy (non-hydrogen) atoms. The molecule has 104 valence electrons. The van der Waals surface area contributed by atoms with Gasteiger partial charge in [-0.1, -0.05) is 6.07 Å². The molecule has 5 heteroatoms. The molecule has 0 aliphatic heterocycles. The standard InChI is InChI=1S/C15H18N4O/c1-10-7-11(2)9-12(8-10)19(4)15(20)13-5-6-14(16-3)18-17-13/h5-9H,1-4H3,(H,16,18). The third kappa shape index (κ3) is 2.93. The van der Waals surface area contributed by atoms with Crippen molar-refractivity contribution < 1.29 is 4.79 Å². The van der Waals surface area contributed by atoms with E-state index in [2.05, 4.69) is 21.6 Å². The van der Waals surface area contributed by atoms with Crippen LogP contribution in [0.25, 0.3) is 0 Å². The second-order valence-electron chi connectivity index (χ2n) is 4.76. The second-order valence-corrected chi connectivity index (χ2v) is 4.76. The van der Waals surface area contributed by atoms with Crippen molar-refractivity contribution in [3.63, 3.8) is 0 Å². The maximum Gasteiger partial charge on any atom is 0.278 e. The van der Waals surface area contributed by atoms with Crippen molar-refractivity contribution in [2.75, 3.05) is 24.3 Å². The highest BCUT2D eigenvalue weighted by molar-refractivity contribution is 6.04. The van der Waals surface area contributed by atoms with Crippen molar-refractivity contribution in [3.8, 4) is 0 Å². The third-order valence-corrected chi connectivity index (χ3v) is 3.04. The normalized spacial score (nSPS) is 10.2. The van der Waals surface area contributed by atoms with Gasteiger partial charge < -0.3 is 10.2 Å². The number of carbonyl (C=O) groups excluding carboxylic acids is 1. The Morgan fingerprint density at radius 1 is 1.10 bits per heavy atom. The molecule has 0 aliphatic rings. The van der Waals surface area contributed by atoms with Crippen LogP contribution in [0.5, 0.6) is 0 Å². The molecule has 2 rings (SSSR count). The quantitative estimate of drug-likeness (QED) is 0.930. The van der Waals surface area contributed by atoms with E-state index < -0.39 is 0 Å². The maximum absolute atomic E-state index is 12.4. The number of amides is 1. The Bertz CT molecular complexity index is 602. The second kappa shape index (κ2) is 5.69. The summed E-state index contributed by atoms with van der Waals surface area (Å²) in [7, 11) is 3.50. The van der Waals surface area contributed by atoms with Crippen molar-refractivity contribution in [2.24, 2.45) is 0 Å². The fourth-order valence-electron chi connectivity index (χ4n) is 2.01. The summed E-state index contributed by atoms with van der Waals surface area (Å²) in [6.07, 6.45) is 0. The largest absolute Gasteiger partial charge is 0.372 e. The van der Waals surface area contributed by atoms with Crippen molar-refractivity contribution in [2.45, 2.75) is 13.8 Å². The molecular formula is C15H18N4O. The van der Waals surface area contributed by atoms with E-state index in [9.17, 15) is 4.79 Å². The van der Waals surface area contributed by atoms with Crippen LogP contribution in [0.15, 0.2) is 30.3 Å². The molecular weight excluding hydrogens is 252 g/mol. The molecule has 1 heterocycles. The predicted molar refractivity (Wildman–Crippen MR) is 80.2 cm³/mol. The number of nitrogens with zero attached hydrogens (tertiary/aromatic N) is 3. The van der Waals surface area contributed by atoms with Crippen LogP contribution >= 0.6 is 0 Å². The monoisotopic (exact) mass is 270 g/mol. The van der Waals surface area contributed by atoms with Crippen LogP contribution in [0.3, 0.4) is 0 Å². The van der Waals surface area contributed by atoms with E-state index in [1.165, 1.54) is 0 Å². The number of carbonyl (C=O) groups is 1. The van der Waals surface area contributed by atoms with Gasteiger partial charge in [0, 0.05) is 19.8 Å².